The number of hydrogen-bond acceptors (Lipinski definition) is 4. The van der Waals surface area contributed by atoms with Crippen LogP contribution in [0.3, 0.4) is 0 Å². The first-order valence-corrected chi connectivity index (χ1v) is 7.81. The Hall–Kier alpha value is -2.56. The maximum absolute atomic E-state index is 11.9. The minimum Gasteiger partial charge on any atom is -0.466 e. The molecule has 2 rings (SSSR count). The Morgan fingerprint density at radius 1 is 1.12 bits per heavy atom. The Balaban J connectivity index is 1.89. The molecule has 0 saturated heterocycles. The molecule has 0 saturated carbocycles. The van der Waals surface area contributed by atoms with Crippen LogP contribution in [-0.4, -0.2) is 18.5 Å². The van der Waals surface area contributed by atoms with Crippen LogP contribution in [0.1, 0.15) is 48.2 Å². The van der Waals surface area contributed by atoms with E-state index in [9.17, 15) is 9.59 Å². The second kappa shape index (κ2) is 6.91. The molecule has 1 aromatic heterocycles. The lowest BCUT2D eigenvalue weighted by molar-refractivity contribution is -0.119. The summed E-state index contributed by atoms with van der Waals surface area (Å²) >= 11 is 0. The van der Waals surface area contributed by atoms with Gasteiger partial charge in [0.15, 0.2) is 6.61 Å². The molecule has 1 N–H and O–H groups in total. The number of esters is 1. The smallest absolute Gasteiger partial charge is 0.342 e. The largest absolute Gasteiger partial charge is 0.466 e. The lowest BCUT2D eigenvalue weighted by Gasteiger charge is -2.19. The van der Waals surface area contributed by atoms with Gasteiger partial charge in [-0.3, -0.25) is 4.79 Å². The molecule has 0 aliphatic carbocycles. The molecule has 128 valence electrons. The maximum Gasteiger partial charge on any atom is 0.342 e. The summed E-state index contributed by atoms with van der Waals surface area (Å²) in [6.07, 6.45) is 0. The number of carbonyl (C=O) groups is 2. The fourth-order valence-electron chi connectivity index (χ4n) is 2.29. The van der Waals surface area contributed by atoms with E-state index >= 15 is 0 Å². The monoisotopic (exact) mass is 329 g/mol. The van der Waals surface area contributed by atoms with Crippen molar-refractivity contribution in [3.8, 4) is 0 Å². The van der Waals surface area contributed by atoms with Crippen LogP contribution in [0.15, 0.2) is 34.7 Å². The third-order valence-electron chi connectivity index (χ3n) is 3.63. The number of rotatable bonds is 4. The fourth-order valence-corrected chi connectivity index (χ4v) is 2.29. The van der Waals surface area contributed by atoms with Gasteiger partial charge in [0.1, 0.15) is 17.1 Å². The van der Waals surface area contributed by atoms with Crippen LogP contribution in [-0.2, 0) is 14.9 Å². The zero-order valence-corrected chi connectivity index (χ0v) is 14.7. The first-order valence-electron chi connectivity index (χ1n) is 7.81. The number of benzene rings is 1. The molecule has 0 fully saturated rings. The minimum absolute atomic E-state index is 0.0542. The quantitative estimate of drug-likeness (QED) is 0.861. The number of anilines is 1. The van der Waals surface area contributed by atoms with E-state index in [-0.39, 0.29) is 17.9 Å². The van der Waals surface area contributed by atoms with Gasteiger partial charge in [-0.15, -0.1) is 0 Å². The van der Waals surface area contributed by atoms with Crippen molar-refractivity contribution in [2.45, 2.75) is 40.0 Å². The van der Waals surface area contributed by atoms with Crippen LogP contribution in [0.25, 0.3) is 0 Å². The summed E-state index contributed by atoms with van der Waals surface area (Å²) in [7, 11) is 0. The highest BCUT2D eigenvalue weighted by molar-refractivity contribution is 5.95. The first kappa shape index (κ1) is 17.8. The van der Waals surface area contributed by atoms with Gasteiger partial charge in [-0.1, -0.05) is 32.9 Å². The SMILES string of the molecule is Cc1cc(C(=O)OCC(=O)Nc2ccc(C(C)(C)C)cc2)c(C)o1. The van der Waals surface area contributed by atoms with Gasteiger partial charge in [0.25, 0.3) is 5.91 Å². The predicted octanol–water partition coefficient (Wildman–Crippen LogP) is 3.99. The summed E-state index contributed by atoms with van der Waals surface area (Å²) in [6.45, 7) is 9.46. The molecule has 1 aromatic carbocycles. The van der Waals surface area contributed by atoms with Gasteiger partial charge in [-0.25, -0.2) is 4.79 Å². The molecule has 0 radical (unpaired) electrons. The van der Waals surface area contributed by atoms with Gasteiger partial charge in [-0.2, -0.15) is 0 Å². The molecular weight excluding hydrogens is 306 g/mol. The van der Waals surface area contributed by atoms with E-state index < -0.39 is 5.97 Å². The summed E-state index contributed by atoms with van der Waals surface area (Å²) in [5.41, 5.74) is 2.24. The van der Waals surface area contributed by atoms with E-state index in [1.807, 2.05) is 24.3 Å². The molecule has 5 nitrogen and oxygen atoms in total. The van der Waals surface area contributed by atoms with Gasteiger partial charge >= 0.3 is 5.97 Å². The van der Waals surface area contributed by atoms with Gasteiger partial charge in [0.2, 0.25) is 0 Å². The topological polar surface area (TPSA) is 68.5 Å². The summed E-state index contributed by atoms with van der Waals surface area (Å²) < 4.78 is 10.3. The molecule has 24 heavy (non-hydrogen) atoms. The van der Waals surface area contributed by atoms with Crippen LogP contribution in [0.2, 0.25) is 0 Å². The molecule has 0 unspecified atom stereocenters. The minimum atomic E-state index is -0.567. The van der Waals surface area contributed by atoms with E-state index in [1.165, 1.54) is 5.56 Å². The zero-order valence-electron chi connectivity index (χ0n) is 14.7. The Morgan fingerprint density at radius 3 is 2.25 bits per heavy atom. The number of carbonyl (C=O) groups excluding carboxylic acids is 2. The third kappa shape index (κ3) is 4.47. The van der Waals surface area contributed by atoms with E-state index in [4.69, 9.17) is 9.15 Å². The summed E-state index contributed by atoms with van der Waals surface area (Å²) in [5, 5.41) is 2.71. The molecule has 0 spiro atoms. The van der Waals surface area contributed by atoms with Crippen LogP contribution < -0.4 is 5.32 Å². The predicted molar refractivity (Wildman–Crippen MR) is 92.2 cm³/mol. The van der Waals surface area contributed by atoms with Gasteiger partial charge < -0.3 is 14.5 Å². The lowest BCUT2D eigenvalue weighted by Crippen LogP contribution is -2.21. The van der Waals surface area contributed by atoms with Crippen molar-refractivity contribution in [1.82, 2.24) is 0 Å². The molecule has 5 heteroatoms. The van der Waals surface area contributed by atoms with Gasteiger partial charge in [0.05, 0.1) is 0 Å². The van der Waals surface area contributed by atoms with E-state index in [1.54, 1.807) is 19.9 Å². The molecule has 2 aromatic rings. The Kier molecular flexibility index (Phi) is 5.12. The molecule has 0 bridgehead atoms. The second-order valence-electron chi connectivity index (χ2n) is 6.78. The van der Waals surface area contributed by atoms with Crippen LogP contribution in [0, 0.1) is 13.8 Å². The maximum atomic E-state index is 11.9. The van der Waals surface area contributed by atoms with Crippen LogP contribution >= 0.6 is 0 Å². The second-order valence-corrected chi connectivity index (χ2v) is 6.78. The molecule has 0 atom stereocenters. The molecule has 1 heterocycles. The van der Waals surface area contributed by atoms with E-state index in [0.717, 1.165) is 0 Å². The normalized spacial score (nSPS) is 11.2. The first-order chi connectivity index (χ1) is 11.2. The fraction of sp³-hybridized carbons (Fsp3) is 0.368. The van der Waals surface area contributed by atoms with E-state index in [2.05, 4.69) is 26.1 Å². The number of amides is 1. The van der Waals surface area contributed by atoms with Crippen molar-refractivity contribution in [1.29, 1.82) is 0 Å². The molecule has 0 aliphatic heterocycles. The molecule has 0 aliphatic rings. The van der Waals surface area contributed by atoms with Gasteiger partial charge in [-0.05, 0) is 43.0 Å². The van der Waals surface area contributed by atoms with Crippen molar-refractivity contribution in [2.75, 3.05) is 11.9 Å². The Bertz CT molecular complexity index is 736. The van der Waals surface area contributed by atoms with Crippen molar-refractivity contribution >= 4 is 17.6 Å². The average Bonchev–Trinajstić information content (AvgIpc) is 2.83. The van der Waals surface area contributed by atoms with Crippen LogP contribution in [0.5, 0.6) is 0 Å². The number of nitrogens with one attached hydrogen (secondary N) is 1. The Labute approximate surface area is 142 Å². The van der Waals surface area contributed by atoms with Gasteiger partial charge in [0, 0.05) is 5.69 Å². The standard InChI is InChI=1S/C19H23NO4/c1-12-10-16(13(2)24-12)18(22)23-11-17(21)20-15-8-6-14(7-9-15)19(3,4)5/h6-10H,11H2,1-5H3,(H,20,21). The third-order valence-corrected chi connectivity index (χ3v) is 3.63. The van der Waals surface area contributed by atoms with Crippen molar-refractivity contribution in [3.05, 3.63) is 53.0 Å². The highest BCUT2D eigenvalue weighted by Crippen LogP contribution is 2.23. The summed E-state index contributed by atoms with van der Waals surface area (Å²) in [6, 6.07) is 9.22. The summed E-state index contributed by atoms with van der Waals surface area (Å²) in [5.74, 6) is 0.158. The number of hydrogen-bond donors (Lipinski definition) is 1. The molecular formula is C19H23NO4. The van der Waals surface area contributed by atoms with Crippen molar-refractivity contribution in [2.24, 2.45) is 0 Å². The number of ether oxygens (including phenoxy) is 1. The van der Waals surface area contributed by atoms with Crippen molar-refractivity contribution in [3.63, 3.8) is 0 Å². The zero-order chi connectivity index (χ0) is 17.9. The number of furan rings is 1. The molecule has 1 amide bonds. The highest BCUT2D eigenvalue weighted by Gasteiger charge is 2.17. The van der Waals surface area contributed by atoms with Crippen molar-refractivity contribution < 1.29 is 18.7 Å². The summed E-state index contributed by atoms with van der Waals surface area (Å²) in [4.78, 5) is 23.8. The van der Waals surface area contributed by atoms with Crippen LogP contribution in [0.4, 0.5) is 5.69 Å². The van der Waals surface area contributed by atoms with E-state index in [0.29, 0.717) is 22.8 Å². The number of aryl methyl sites for hydroxylation is 2. The average molecular weight is 329 g/mol. The Morgan fingerprint density at radius 2 is 1.75 bits per heavy atom. The lowest BCUT2D eigenvalue weighted by atomic mass is 9.87. The highest BCUT2D eigenvalue weighted by atomic mass is 16.5.